The Bertz CT molecular complexity index is 346. The van der Waals surface area contributed by atoms with Crippen LogP contribution in [0, 0.1) is 17.8 Å². The van der Waals surface area contributed by atoms with Crippen molar-refractivity contribution in [3.05, 3.63) is 0 Å². The minimum absolute atomic E-state index is 0.214. The Hall–Kier alpha value is -0.610. The van der Waals surface area contributed by atoms with E-state index in [2.05, 4.69) is 17.3 Å². The van der Waals surface area contributed by atoms with E-state index in [0.29, 0.717) is 31.2 Å². The molecule has 3 aliphatic carbocycles. The second-order valence-electron chi connectivity index (χ2n) is 7.54. The molecule has 3 saturated carbocycles. The van der Waals surface area contributed by atoms with Crippen LogP contribution in [0.2, 0.25) is 0 Å². The number of nitrogens with zero attached hydrogens (tertiary/aromatic N) is 1. The molecule has 0 aliphatic heterocycles. The van der Waals surface area contributed by atoms with Crippen molar-refractivity contribution in [1.82, 2.24) is 10.2 Å². The van der Waals surface area contributed by atoms with Crippen molar-refractivity contribution < 1.29 is 9.90 Å². The molecule has 0 saturated heterocycles. The van der Waals surface area contributed by atoms with Gasteiger partial charge in [-0.15, -0.1) is 0 Å². The maximum Gasteiger partial charge on any atom is 0.234 e. The SMILES string of the molecule is CN(CC(=O)NC(C1CC1)C1CC1)C1CCC(CO)CC1. The summed E-state index contributed by atoms with van der Waals surface area (Å²) in [5.74, 6) is 2.24. The molecule has 3 aliphatic rings. The van der Waals surface area contributed by atoms with Crippen LogP contribution in [0.15, 0.2) is 0 Å². The van der Waals surface area contributed by atoms with Gasteiger partial charge in [0.05, 0.1) is 6.54 Å². The van der Waals surface area contributed by atoms with E-state index < -0.39 is 0 Å². The summed E-state index contributed by atoms with van der Waals surface area (Å²) in [6, 6.07) is 0.981. The van der Waals surface area contributed by atoms with E-state index in [9.17, 15) is 9.90 Å². The summed E-state index contributed by atoms with van der Waals surface area (Å²) in [7, 11) is 2.08. The number of carbonyl (C=O) groups excluding carboxylic acids is 1. The Balaban J connectivity index is 1.41. The quantitative estimate of drug-likeness (QED) is 0.752. The minimum Gasteiger partial charge on any atom is -0.396 e. The van der Waals surface area contributed by atoms with Crippen molar-refractivity contribution in [2.75, 3.05) is 20.2 Å². The zero-order valence-corrected chi connectivity index (χ0v) is 13.3. The van der Waals surface area contributed by atoms with Crippen molar-refractivity contribution in [3.63, 3.8) is 0 Å². The van der Waals surface area contributed by atoms with E-state index in [4.69, 9.17) is 0 Å². The van der Waals surface area contributed by atoms with Gasteiger partial charge in [0, 0.05) is 18.7 Å². The molecule has 0 bridgehead atoms. The third kappa shape index (κ3) is 4.19. The molecule has 0 radical (unpaired) electrons. The molecule has 3 fully saturated rings. The fraction of sp³-hybridized carbons (Fsp3) is 0.941. The van der Waals surface area contributed by atoms with Crippen LogP contribution in [-0.4, -0.2) is 48.2 Å². The fourth-order valence-electron chi connectivity index (χ4n) is 3.89. The molecular weight excluding hydrogens is 264 g/mol. The molecule has 120 valence electrons. The average molecular weight is 294 g/mol. The van der Waals surface area contributed by atoms with E-state index in [1.165, 1.54) is 25.7 Å². The molecule has 21 heavy (non-hydrogen) atoms. The number of aliphatic hydroxyl groups is 1. The number of carbonyl (C=O) groups is 1. The van der Waals surface area contributed by atoms with Gasteiger partial charge in [-0.25, -0.2) is 0 Å². The van der Waals surface area contributed by atoms with Gasteiger partial charge in [0.25, 0.3) is 0 Å². The Morgan fingerprint density at radius 3 is 2.14 bits per heavy atom. The molecule has 1 amide bonds. The predicted octanol–water partition coefficient (Wildman–Crippen LogP) is 1.77. The Kier molecular flexibility index (Phi) is 4.85. The number of nitrogens with one attached hydrogen (secondary N) is 1. The Morgan fingerprint density at radius 1 is 1.10 bits per heavy atom. The smallest absolute Gasteiger partial charge is 0.234 e. The number of rotatable bonds is 7. The monoisotopic (exact) mass is 294 g/mol. The molecule has 0 aromatic heterocycles. The molecule has 0 aromatic rings. The molecule has 4 heteroatoms. The van der Waals surface area contributed by atoms with Crippen LogP contribution in [0.1, 0.15) is 51.4 Å². The summed E-state index contributed by atoms with van der Waals surface area (Å²) in [4.78, 5) is 14.5. The van der Waals surface area contributed by atoms with E-state index in [0.717, 1.165) is 37.5 Å². The van der Waals surface area contributed by atoms with E-state index in [-0.39, 0.29) is 5.91 Å². The van der Waals surface area contributed by atoms with Crippen LogP contribution in [0.4, 0.5) is 0 Å². The molecule has 0 atom stereocenters. The lowest BCUT2D eigenvalue weighted by molar-refractivity contribution is -0.123. The normalized spacial score (nSPS) is 29.9. The van der Waals surface area contributed by atoms with E-state index >= 15 is 0 Å². The van der Waals surface area contributed by atoms with Crippen LogP contribution < -0.4 is 5.32 Å². The maximum atomic E-state index is 12.3. The molecule has 2 N–H and O–H groups in total. The van der Waals surface area contributed by atoms with Gasteiger partial charge in [0.15, 0.2) is 0 Å². The third-order valence-electron chi connectivity index (χ3n) is 5.68. The van der Waals surface area contributed by atoms with Crippen molar-refractivity contribution in [1.29, 1.82) is 0 Å². The minimum atomic E-state index is 0.214. The number of amides is 1. The number of likely N-dealkylation sites (N-methyl/N-ethyl adjacent to an activating group) is 1. The Morgan fingerprint density at radius 2 is 1.67 bits per heavy atom. The second-order valence-corrected chi connectivity index (χ2v) is 7.54. The topological polar surface area (TPSA) is 52.6 Å². The Labute approximate surface area is 128 Å². The zero-order valence-electron chi connectivity index (χ0n) is 13.3. The van der Waals surface area contributed by atoms with Gasteiger partial charge in [-0.3, -0.25) is 9.69 Å². The first-order valence-electron chi connectivity index (χ1n) is 8.78. The molecule has 4 nitrogen and oxygen atoms in total. The zero-order chi connectivity index (χ0) is 14.8. The van der Waals surface area contributed by atoms with Crippen LogP contribution in [0.5, 0.6) is 0 Å². The largest absolute Gasteiger partial charge is 0.396 e. The van der Waals surface area contributed by atoms with E-state index in [1.807, 2.05) is 0 Å². The van der Waals surface area contributed by atoms with Crippen LogP contribution in [0.25, 0.3) is 0 Å². The van der Waals surface area contributed by atoms with Gasteiger partial charge in [-0.05, 0) is 76.2 Å². The first-order chi connectivity index (χ1) is 10.2. The van der Waals surface area contributed by atoms with E-state index in [1.54, 1.807) is 0 Å². The van der Waals surface area contributed by atoms with Crippen LogP contribution in [0.3, 0.4) is 0 Å². The molecule has 0 spiro atoms. The summed E-state index contributed by atoms with van der Waals surface area (Å²) >= 11 is 0. The van der Waals surface area contributed by atoms with Gasteiger partial charge >= 0.3 is 0 Å². The lowest BCUT2D eigenvalue weighted by Crippen LogP contribution is -2.46. The highest BCUT2D eigenvalue weighted by Gasteiger charge is 2.42. The van der Waals surface area contributed by atoms with Gasteiger partial charge < -0.3 is 10.4 Å². The molecule has 0 unspecified atom stereocenters. The average Bonchev–Trinajstić information content (AvgIpc) is 3.38. The summed E-state index contributed by atoms with van der Waals surface area (Å²) in [5.41, 5.74) is 0. The highest BCUT2D eigenvalue weighted by molar-refractivity contribution is 5.78. The summed E-state index contributed by atoms with van der Waals surface area (Å²) in [6.45, 7) is 0.853. The standard InChI is InChI=1S/C17H30N2O2/c1-19(15-8-2-12(11-20)3-9-15)10-16(21)18-17(13-4-5-13)14-6-7-14/h12-15,17,20H,2-11H2,1H3,(H,18,21). The third-order valence-corrected chi connectivity index (χ3v) is 5.68. The summed E-state index contributed by atoms with van der Waals surface area (Å²) in [6.07, 6.45) is 9.66. The van der Waals surface area contributed by atoms with Gasteiger partial charge in [0.1, 0.15) is 0 Å². The lowest BCUT2D eigenvalue weighted by atomic mass is 9.86. The van der Waals surface area contributed by atoms with Crippen molar-refractivity contribution in [3.8, 4) is 0 Å². The highest BCUT2D eigenvalue weighted by atomic mass is 16.3. The second kappa shape index (κ2) is 6.66. The van der Waals surface area contributed by atoms with Gasteiger partial charge in [-0.2, -0.15) is 0 Å². The van der Waals surface area contributed by atoms with Crippen LogP contribution >= 0.6 is 0 Å². The number of hydrogen-bond donors (Lipinski definition) is 2. The van der Waals surface area contributed by atoms with Crippen LogP contribution in [-0.2, 0) is 4.79 Å². The highest BCUT2D eigenvalue weighted by Crippen LogP contribution is 2.44. The number of hydrogen-bond acceptors (Lipinski definition) is 3. The summed E-state index contributed by atoms with van der Waals surface area (Å²) in [5, 5.41) is 12.5. The lowest BCUT2D eigenvalue weighted by Gasteiger charge is -2.34. The number of aliphatic hydroxyl groups excluding tert-OH is 1. The first-order valence-corrected chi connectivity index (χ1v) is 8.78. The van der Waals surface area contributed by atoms with Gasteiger partial charge in [0.2, 0.25) is 5.91 Å². The molecule has 3 rings (SSSR count). The first kappa shape index (κ1) is 15.3. The predicted molar refractivity (Wildman–Crippen MR) is 82.8 cm³/mol. The summed E-state index contributed by atoms with van der Waals surface area (Å²) < 4.78 is 0. The maximum absolute atomic E-state index is 12.3. The fourth-order valence-corrected chi connectivity index (χ4v) is 3.89. The molecule has 0 heterocycles. The van der Waals surface area contributed by atoms with Crippen molar-refractivity contribution >= 4 is 5.91 Å². The van der Waals surface area contributed by atoms with Crippen molar-refractivity contribution in [2.24, 2.45) is 17.8 Å². The molecular formula is C17H30N2O2. The van der Waals surface area contributed by atoms with Gasteiger partial charge in [-0.1, -0.05) is 0 Å². The van der Waals surface area contributed by atoms with Crippen molar-refractivity contribution in [2.45, 2.75) is 63.5 Å². The molecule has 0 aromatic carbocycles.